The maximum Gasteiger partial charge on any atom is 0.321 e. The van der Waals surface area contributed by atoms with Crippen molar-refractivity contribution in [2.45, 2.75) is 25.0 Å². The smallest absolute Gasteiger partial charge is 0.321 e. The van der Waals surface area contributed by atoms with Gasteiger partial charge in [0.25, 0.3) is 0 Å². The van der Waals surface area contributed by atoms with E-state index in [2.05, 4.69) is 21.2 Å². The third kappa shape index (κ3) is 5.18. The summed E-state index contributed by atoms with van der Waals surface area (Å²) in [7, 11) is 0. The van der Waals surface area contributed by atoms with Gasteiger partial charge in [0, 0.05) is 4.47 Å². The number of para-hydroxylation sites is 2. The Hall–Kier alpha value is -3.16. The molecular formula is C25H23BrN2O4. The summed E-state index contributed by atoms with van der Waals surface area (Å²) >= 11 is 3.43. The zero-order valence-corrected chi connectivity index (χ0v) is 18.9. The fourth-order valence-electron chi connectivity index (χ4n) is 3.72. The molecule has 1 amide bonds. The number of rotatable bonds is 7. The van der Waals surface area contributed by atoms with Gasteiger partial charge < -0.3 is 14.7 Å². The highest BCUT2D eigenvalue weighted by atomic mass is 79.9. The lowest BCUT2D eigenvalue weighted by molar-refractivity contribution is -0.140. The first-order valence-corrected chi connectivity index (χ1v) is 11.1. The summed E-state index contributed by atoms with van der Waals surface area (Å²) in [5, 5.41) is 12.8. The second-order valence-electron chi connectivity index (χ2n) is 7.63. The number of amides is 1. The number of ether oxygens (including phenoxy) is 1. The van der Waals surface area contributed by atoms with Crippen molar-refractivity contribution in [1.29, 1.82) is 0 Å². The molecule has 2 atom stereocenters. The summed E-state index contributed by atoms with van der Waals surface area (Å²) in [6.45, 7) is 0.395. The molecule has 1 heterocycles. The van der Waals surface area contributed by atoms with Crippen LogP contribution < -0.4 is 15.0 Å². The molecule has 7 heteroatoms. The van der Waals surface area contributed by atoms with Crippen molar-refractivity contribution in [2.75, 3.05) is 11.5 Å². The predicted octanol–water partition coefficient (Wildman–Crippen LogP) is 4.03. The highest BCUT2D eigenvalue weighted by molar-refractivity contribution is 9.10. The molecule has 0 saturated carbocycles. The quantitative estimate of drug-likeness (QED) is 0.518. The van der Waals surface area contributed by atoms with E-state index < -0.39 is 18.1 Å². The summed E-state index contributed by atoms with van der Waals surface area (Å²) in [5.41, 5.74) is 2.50. The maximum absolute atomic E-state index is 13.6. The number of carboxylic acids is 1. The second-order valence-corrected chi connectivity index (χ2v) is 8.55. The third-order valence-electron chi connectivity index (χ3n) is 5.36. The molecule has 0 spiro atoms. The number of carbonyl (C=O) groups is 2. The molecule has 0 bridgehead atoms. The number of hydrogen-bond acceptors (Lipinski definition) is 4. The Morgan fingerprint density at radius 1 is 1.03 bits per heavy atom. The molecule has 0 aliphatic carbocycles. The van der Waals surface area contributed by atoms with Crippen LogP contribution in [0.3, 0.4) is 0 Å². The lowest BCUT2D eigenvalue weighted by atomic mass is 10.0. The van der Waals surface area contributed by atoms with Crippen LogP contribution in [0.4, 0.5) is 5.69 Å². The summed E-state index contributed by atoms with van der Waals surface area (Å²) < 4.78 is 6.88. The summed E-state index contributed by atoms with van der Waals surface area (Å²) in [6, 6.07) is 22.7. The van der Waals surface area contributed by atoms with Gasteiger partial charge in [0.05, 0.1) is 12.2 Å². The van der Waals surface area contributed by atoms with Gasteiger partial charge in [-0.1, -0.05) is 70.5 Å². The van der Waals surface area contributed by atoms with E-state index in [1.54, 1.807) is 4.90 Å². The van der Waals surface area contributed by atoms with E-state index in [0.29, 0.717) is 18.0 Å². The van der Waals surface area contributed by atoms with Crippen molar-refractivity contribution < 1.29 is 19.4 Å². The van der Waals surface area contributed by atoms with E-state index in [0.717, 1.165) is 15.6 Å². The highest BCUT2D eigenvalue weighted by Gasteiger charge is 2.34. The Morgan fingerprint density at radius 2 is 1.72 bits per heavy atom. The van der Waals surface area contributed by atoms with Crippen LogP contribution in [0.25, 0.3) is 0 Å². The van der Waals surface area contributed by atoms with Crippen molar-refractivity contribution in [1.82, 2.24) is 5.32 Å². The normalized spacial score (nSPS) is 16.6. The largest absolute Gasteiger partial charge is 0.489 e. The number of nitrogens with one attached hydrogen (secondary N) is 1. The maximum atomic E-state index is 13.6. The number of fused-ring (bicyclic) bond motifs is 1. The number of nitrogens with zero attached hydrogens (tertiary/aromatic N) is 1. The van der Waals surface area contributed by atoms with Crippen LogP contribution in [0.1, 0.15) is 11.1 Å². The molecule has 1 unspecified atom stereocenters. The molecule has 6 nitrogen and oxygen atoms in total. The average molecular weight is 495 g/mol. The third-order valence-corrected chi connectivity index (χ3v) is 5.89. The van der Waals surface area contributed by atoms with Gasteiger partial charge in [0.1, 0.15) is 24.4 Å². The molecule has 1 aliphatic heterocycles. The van der Waals surface area contributed by atoms with Crippen LogP contribution in [0.5, 0.6) is 5.75 Å². The van der Waals surface area contributed by atoms with E-state index in [1.807, 2.05) is 78.9 Å². The minimum Gasteiger partial charge on any atom is -0.489 e. The van der Waals surface area contributed by atoms with E-state index in [9.17, 15) is 14.7 Å². The van der Waals surface area contributed by atoms with Gasteiger partial charge in [-0.15, -0.1) is 0 Å². The SMILES string of the molecule is O=C(O)[C@H](Cc1ccccc1)NC1COc2ccccc2N(Cc2ccc(Br)cc2)C1=O. The number of benzene rings is 3. The van der Waals surface area contributed by atoms with Crippen LogP contribution in [0.15, 0.2) is 83.3 Å². The lowest BCUT2D eigenvalue weighted by Crippen LogP contribution is -2.54. The topological polar surface area (TPSA) is 78.9 Å². The first-order valence-electron chi connectivity index (χ1n) is 10.3. The molecule has 1 aliphatic rings. The molecule has 0 aromatic heterocycles. The van der Waals surface area contributed by atoms with Crippen molar-refractivity contribution in [3.63, 3.8) is 0 Å². The molecule has 3 aromatic carbocycles. The molecule has 0 radical (unpaired) electrons. The van der Waals surface area contributed by atoms with Gasteiger partial charge in [-0.25, -0.2) is 0 Å². The Kier molecular flexibility index (Phi) is 6.87. The van der Waals surface area contributed by atoms with Gasteiger partial charge >= 0.3 is 5.97 Å². The fraction of sp³-hybridized carbons (Fsp3) is 0.200. The molecule has 3 aromatic rings. The number of hydrogen-bond donors (Lipinski definition) is 2. The first kappa shape index (κ1) is 22.0. The van der Waals surface area contributed by atoms with Crippen LogP contribution >= 0.6 is 15.9 Å². The Labute approximate surface area is 195 Å². The van der Waals surface area contributed by atoms with Crippen molar-refractivity contribution in [3.05, 3.63) is 94.5 Å². The monoisotopic (exact) mass is 494 g/mol. The van der Waals surface area contributed by atoms with E-state index in [-0.39, 0.29) is 18.9 Å². The molecule has 2 N–H and O–H groups in total. The zero-order chi connectivity index (χ0) is 22.5. The minimum atomic E-state index is -1.01. The van der Waals surface area contributed by atoms with Gasteiger partial charge in [-0.2, -0.15) is 0 Å². The van der Waals surface area contributed by atoms with Gasteiger partial charge in [-0.3, -0.25) is 14.9 Å². The molecular weight excluding hydrogens is 472 g/mol. The van der Waals surface area contributed by atoms with Crippen molar-refractivity contribution >= 4 is 33.5 Å². The second kappa shape index (κ2) is 9.97. The number of anilines is 1. The number of carboxylic acid groups (broad SMARTS) is 1. The molecule has 4 rings (SSSR count). The van der Waals surface area contributed by atoms with Gasteiger partial charge in [-0.05, 0) is 41.8 Å². The van der Waals surface area contributed by atoms with Crippen molar-refractivity contribution in [3.8, 4) is 5.75 Å². The Morgan fingerprint density at radius 3 is 2.44 bits per heavy atom. The number of carbonyl (C=O) groups excluding carboxylic acids is 1. The predicted molar refractivity (Wildman–Crippen MR) is 126 cm³/mol. The lowest BCUT2D eigenvalue weighted by Gasteiger charge is -2.26. The summed E-state index contributed by atoms with van der Waals surface area (Å²) in [6.07, 6.45) is 0.264. The molecule has 32 heavy (non-hydrogen) atoms. The summed E-state index contributed by atoms with van der Waals surface area (Å²) in [4.78, 5) is 27.2. The standard InChI is InChI=1S/C25H23BrN2O4/c26-19-12-10-18(11-13-19)15-28-22-8-4-5-9-23(22)32-16-21(24(28)29)27-20(25(30)31)14-17-6-2-1-3-7-17/h1-13,20-21,27H,14-16H2,(H,30,31)/t20-,21?/m0/s1. The van der Waals surface area contributed by atoms with Crippen LogP contribution in [-0.4, -0.2) is 35.7 Å². The van der Waals surface area contributed by atoms with Crippen LogP contribution in [0.2, 0.25) is 0 Å². The molecule has 164 valence electrons. The fourth-order valence-corrected chi connectivity index (χ4v) is 3.98. The molecule has 0 fully saturated rings. The number of halogens is 1. The van der Waals surface area contributed by atoms with Crippen molar-refractivity contribution in [2.24, 2.45) is 0 Å². The van der Waals surface area contributed by atoms with E-state index in [1.165, 1.54) is 0 Å². The highest BCUT2D eigenvalue weighted by Crippen LogP contribution is 2.32. The summed E-state index contributed by atoms with van der Waals surface area (Å²) in [5.74, 6) is -0.641. The zero-order valence-electron chi connectivity index (χ0n) is 17.3. The van der Waals surface area contributed by atoms with Crippen LogP contribution in [-0.2, 0) is 22.6 Å². The van der Waals surface area contributed by atoms with E-state index in [4.69, 9.17) is 4.74 Å². The minimum absolute atomic E-state index is 0.0469. The molecule has 0 saturated heterocycles. The number of aliphatic carboxylic acids is 1. The van der Waals surface area contributed by atoms with Crippen LogP contribution in [0, 0.1) is 0 Å². The van der Waals surface area contributed by atoms with Gasteiger partial charge in [0.2, 0.25) is 5.91 Å². The van der Waals surface area contributed by atoms with E-state index >= 15 is 0 Å². The Bertz CT molecular complexity index is 1090. The van der Waals surface area contributed by atoms with Gasteiger partial charge in [0.15, 0.2) is 0 Å². The Balaban J connectivity index is 1.60. The average Bonchev–Trinajstić information content (AvgIpc) is 2.93. The first-order chi connectivity index (χ1) is 15.5.